The number of rotatable bonds is 4. The number of nitrogens with zero attached hydrogens (tertiary/aromatic N) is 1. The number of benzene rings is 1. The van der Waals surface area contributed by atoms with Crippen molar-refractivity contribution >= 4 is 17.5 Å². The Morgan fingerprint density at radius 3 is 2.64 bits per heavy atom. The van der Waals surface area contributed by atoms with E-state index < -0.39 is 35.3 Å². The summed E-state index contributed by atoms with van der Waals surface area (Å²) in [6.45, 7) is 5.63. The lowest BCUT2D eigenvalue weighted by molar-refractivity contribution is -0.131. The normalized spacial score (nSPS) is 23.4. The Balaban J connectivity index is 1.92. The van der Waals surface area contributed by atoms with Gasteiger partial charge < -0.3 is 20.9 Å². The summed E-state index contributed by atoms with van der Waals surface area (Å²) in [7, 11) is 0. The van der Waals surface area contributed by atoms with E-state index in [1.165, 1.54) is 30.5 Å². The van der Waals surface area contributed by atoms with Gasteiger partial charge in [0, 0.05) is 29.4 Å². The number of anilines is 1. The first-order valence-corrected chi connectivity index (χ1v) is 8.83. The van der Waals surface area contributed by atoms with Crippen LogP contribution in [0, 0.1) is 11.7 Å². The molecule has 0 saturated carbocycles. The number of halogens is 1. The molecule has 1 aromatic heterocycles. The number of pyridine rings is 1. The molecule has 0 aliphatic carbocycles. The molecule has 8 heteroatoms. The van der Waals surface area contributed by atoms with Crippen LogP contribution >= 0.6 is 0 Å². The highest BCUT2D eigenvalue weighted by Crippen LogP contribution is 2.48. The van der Waals surface area contributed by atoms with E-state index in [4.69, 9.17) is 10.5 Å². The minimum Gasteiger partial charge on any atom is -0.508 e. The predicted octanol–water partition coefficient (Wildman–Crippen LogP) is 2.56. The third-order valence-electron chi connectivity index (χ3n) is 5.28. The Morgan fingerprint density at radius 1 is 1.29 bits per heavy atom. The van der Waals surface area contributed by atoms with Crippen LogP contribution in [0.4, 0.5) is 10.1 Å². The number of phenolic OH excluding ortho intramolecular Hbond substituents is 1. The molecule has 0 bridgehead atoms. The molecule has 1 saturated heterocycles. The molecule has 7 nitrogen and oxygen atoms in total. The van der Waals surface area contributed by atoms with E-state index in [2.05, 4.69) is 10.3 Å². The van der Waals surface area contributed by atoms with Crippen LogP contribution < -0.4 is 11.1 Å². The first-order valence-electron chi connectivity index (χ1n) is 8.83. The van der Waals surface area contributed by atoms with Gasteiger partial charge in [-0.15, -0.1) is 0 Å². The number of phenols is 1. The SMILES string of the molecule is C[C@H]1[C@@H](c2ccc(F)cc2O)[C@H](C(=O)Nc2ccnc(C(N)=O)c2)OC1(C)C. The Hall–Kier alpha value is -3.00. The molecule has 0 unspecified atom stereocenters. The number of amides is 2. The quantitative estimate of drug-likeness (QED) is 0.746. The topological polar surface area (TPSA) is 115 Å². The second-order valence-electron chi connectivity index (χ2n) is 7.44. The number of hydrogen-bond donors (Lipinski definition) is 3. The standard InChI is InChI=1S/C20H22FN3O4/c1-10-16(13-5-4-11(21)8-15(13)25)17(28-20(10,2)3)19(27)24-12-6-7-23-14(9-12)18(22)26/h4-10,16-17,25H,1-3H3,(H2,22,26)(H,23,24,27)/t10-,16-,17+/m0/s1. The number of nitrogens with two attached hydrogens (primary N) is 1. The van der Waals surface area contributed by atoms with Gasteiger partial charge in [-0.2, -0.15) is 0 Å². The number of aromatic hydroxyl groups is 1. The molecule has 1 fully saturated rings. The number of aromatic nitrogens is 1. The number of carbonyl (C=O) groups is 2. The monoisotopic (exact) mass is 387 g/mol. The average Bonchev–Trinajstić information content (AvgIpc) is 2.85. The lowest BCUT2D eigenvalue weighted by Crippen LogP contribution is -2.33. The average molecular weight is 387 g/mol. The lowest BCUT2D eigenvalue weighted by atomic mass is 9.78. The van der Waals surface area contributed by atoms with Crippen LogP contribution in [0.25, 0.3) is 0 Å². The number of ether oxygens (including phenoxy) is 1. The van der Waals surface area contributed by atoms with Crippen LogP contribution in [0.1, 0.15) is 42.7 Å². The summed E-state index contributed by atoms with van der Waals surface area (Å²) in [5, 5.41) is 12.9. The second-order valence-corrected chi connectivity index (χ2v) is 7.44. The first-order chi connectivity index (χ1) is 13.1. The maximum absolute atomic E-state index is 13.4. The van der Waals surface area contributed by atoms with Crippen molar-refractivity contribution in [3.05, 3.63) is 53.6 Å². The molecule has 148 valence electrons. The van der Waals surface area contributed by atoms with Crippen LogP contribution in [0.2, 0.25) is 0 Å². The molecule has 1 aliphatic heterocycles. The van der Waals surface area contributed by atoms with Crippen molar-refractivity contribution in [3.63, 3.8) is 0 Å². The van der Waals surface area contributed by atoms with Gasteiger partial charge in [0.25, 0.3) is 11.8 Å². The van der Waals surface area contributed by atoms with E-state index >= 15 is 0 Å². The summed E-state index contributed by atoms with van der Waals surface area (Å²) in [5.74, 6) is -2.59. The van der Waals surface area contributed by atoms with Gasteiger partial charge in [-0.1, -0.05) is 13.0 Å². The van der Waals surface area contributed by atoms with Gasteiger partial charge in [0.2, 0.25) is 0 Å². The summed E-state index contributed by atoms with van der Waals surface area (Å²) in [6.07, 6.45) is 0.438. The summed E-state index contributed by atoms with van der Waals surface area (Å²) < 4.78 is 19.4. The maximum Gasteiger partial charge on any atom is 0.267 e. The smallest absolute Gasteiger partial charge is 0.267 e. The Morgan fingerprint density at radius 2 is 2.00 bits per heavy atom. The highest BCUT2D eigenvalue weighted by Gasteiger charge is 2.51. The van der Waals surface area contributed by atoms with Crippen molar-refractivity contribution in [1.29, 1.82) is 0 Å². The Labute approximate surface area is 161 Å². The Kier molecular flexibility index (Phi) is 5.08. The first kappa shape index (κ1) is 19.8. The van der Waals surface area contributed by atoms with Gasteiger partial charge in [0.1, 0.15) is 23.4 Å². The van der Waals surface area contributed by atoms with E-state index in [1.54, 1.807) is 0 Å². The number of nitrogens with one attached hydrogen (secondary N) is 1. The van der Waals surface area contributed by atoms with Crippen LogP contribution in [-0.4, -0.2) is 33.6 Å². The second kappa shape index (κ2) is 7.20. The van der Waals surface area contributed by atoms with Gasteiger partial charge in [-0.05, 0) is 38.0 Å². The summed E-state index contributed by atoms with van der Waals surface area (Å²) >= 11 is 0. The van der Waals surface area contributed by atoms with Crippen molar-refractivity contribution in [3.8, 4) is 5.75 Å². The number of carbonyl (C=O) groups excluding carboxylic acids is 2. The molecule has 3 rings (SSSR count). The minimum absolute atomic E-state index is 0.0200. The van der Waals surface area contributed by atoms with E-state index in [0.717, 1.165) is 6.07 Å². The zero-order valence-corrected chi connectivity index (χ0v) is 15.8. The fraction of sp³-hybridized carbons (Fsp3) is 0.350. The summed E-state index contributed by atoms with van der Waals surface area (Å²) in [6, 6.07) is 6.62. The van der Waals surface area contributed by atoms with Crippen LogP contribution in [0.5, 0.6) is 5.75 Å². The fourth-order valence-corrected chi connectivity index (χ4v) is 3.51. The molecule has 28 heavy (non-hydrogen) atoms. The number of hydrogen-bond acceptors (Lipinski definition) is 5. The van der Waals surface area contributed by atoms with E-state index in [1.807, 2.05) is 20.8 Å². The van der Waals surface area contributed by atoms with Crippen molar-refractivity contribution in [2.75, 3.05) is 5.32 Å². The van der Waals surface area contributed by atoms with E-state index in [0.29, 0.717) is 11.3 Å². The molecule has 3 atom stereocenters. The highest BCUT2D eigenvalue weighted by atomic mass is 19.1. The summed E-state index contributed by atoms with van der Waals surface area (Å²) in [4.78, 5) is 28.1. The van der Waals surface area contributed by atoms with Crippen LogP contribution in [0.15, 0.2) is 36.5 Å². The van der Waals surface area contributed by atoms with Gasteiger partial charge in [0.05, 0.1) is 5.60 Å². The van der Waals surface area contributed by atoms with Crippen molar-refractivity contribution in [2.24, 2.45) is 11.7 Å². The molecular formula is C20H22FN3O4. The maximum atomic E-state index is 13.4. The molecule has 0 spiro atoms. The molecule has 2 amide bonds. The zero-order valence-electron chi connectivity index (χ0n) is 15.8. The number of primary amides is 1. The minimum atomic E-state index is -0.924. The molecular weight excluding hydrogens is 365 g/mol. The van der Waals surface area contributed by atoms with Gasteiger partial charge in [-0.25, -0.2) is 4.39 Å². The molecule has 1 aromatic carbocycles. The highest BCUT2D eigenvalue weighted by molar-refractivity contribution is 5.97. The van der Waals surface area contributed by atoms with Crippen molar-refractivity contribution in [1.82, 2.24) is 4.98 Å². The zero-order chi connectivity index (χ0) is 20.6. The molecule has 1 aliphatic rings. The third kappa shape index (κ3) is 3.68. The largest absolute Gasteiger partial charge is 0.508 e. The van der Waals surface area contributed by atoms with Gasteiger partial charge in [-0.3, -0.25) is 14.6 Å². The van der Waals surface area contributed by atoms with Crippen molar-refractivity contribution in [2.45, 2.75) is 38.4 Å². The predicted molar refractivity (Wildman–Crippen MR) is 100 cm³/mol. The van der Waals surface area contributed by atoms with Crippen LogP contribution in [-0.2, 0) is 9.53 Å². The molecule has 2 heterocycles. The third-order valence-corrected chi connectivity index (χ3v) is 5.28. The molecule has 2 aromatic rings. The van der Waals surface area contributed by atoms with Crippen molar-refractivity contribution < 1.29 is 23.8 Å². The lowest BCUT2D eigenvalue weighted by Gasteiger charge is -2.25. The van der Waals surface area contributed by atoms with E-state index in [-0.39, 0.29) is 17.4 Å². The van der Waals surface area contributed by atoms with Gasteiger partial charge >= 0.3 is 0 Å². The Bertz CT molecular complexity index is 931. The molecule has 0 radical (unpaired) electrons. The van der Waals surface area contributed by atoms with E-state index in [9.17, 15) is 19.1 Å². The summed E-state index contributed by atoms with van der Waals surface area (Å²) in [5.41, 5.74) is 5.37. The molecule has 4 N–H and O–H groups in total. The fourth-order valence-electron chi connectivity index (χ4n) is 3.51. The van der Waals surface area contributed by atoms with Gasteiger partial charge in [0.15, 0.2) is 0 Å². The van der Waals surface area contributed by atoms with Crippen LogP contribution in [0.3, 0.4) is 0 Å².